The Bertz CT molecular complexity index is 387. The molecule has 0 spiro atoms. The number of benzene rings is 1. The molecule has 12 heavy (non-hydrogen) atoms. The van der Waals surface area contributed by atoms with Crippen molar-refractivity contribution >= 4 is 25.4 Å². The lowest BCUT2D eigenvalue weighted by Crippen LogP contribution is -1.91. The van der Waals surface area contributed by atoms with E-state index < -0.39 is 9.05 Å². The monoisotopic (exact) mass is 206 g/mol. The fraction of sp³-hybridized carbons (Fsp3) is 0.143. The molecule has 0 fully saturated rings. The Morgan fingerprint density at radius 1 is 1.42 bits per heavy atom. The van der Waals surface area contributed by atoms with Gasteiger partial charge in [-0.2, -0.15) is 0 Å². The third-order valence-electron chi connectivity index (χ3n) is 1.38. The highest BCUT2D eigenvalue weighted by molar-refractivity contribution is 8.13. The van der Waals surface area contributed by atoms with Gasteiger partial charge >= 0.3 is 0 Å². The van der Waals surface area contributed by atoms with Crippen LogP contribution in [0.5, 0.6) is 0 Å². The van der Waals surface area contributed by atoms with Crippen molar-refractivity contribution < 1.29 is 9.83 Å². The Morgan fingerprint density at radius 2 is 1.92 bits per heavy atom. The van der Waals surface area contributed by atoms with Crippen LogP contribution in [0.15, 0.2) is 29.2 Å². The van der Waals surface area contributed by atoms with E-state index in [1.54, 1.807) is 7.05 Å². The van der Waals surface area contributed by atoms with E-state index in [2.05, 4.69) is 0 Å². The molecule has 3 nitrogen and oxygen atoms in total. The first-order valence-electron chi connectivity index (χ1n) is 3.63. The second-order valence-corrected chi connectivity index (χ2v) is 4.72. The third-order valence-corrected chi connectivity index (χ3v) is 2.75. The van der Waals surface area contributed by atoms with Crippen LogP contribution in [0.2, 0.25) is 1.41 Å². The molecular formula is C7H8ClNO2S. The topological polar surface area (TPSA) is 46.2 Å². The van der Waals surface area contributed by atoms with Crippen LogP contribution in [-0.2, 0) is 9.05 Å². The molecule has 1 N–H and O–H groups in total. The zero-order chi connectivity index (χ0) is 10.1. The Hall–Kier alpha value is -0.740. The molecule has 0 aliphatic carbocycles. The Balaban J connectivity index is 3.08. The second-order valence-electron chi connectivity index (χ2n) is 2.16. The molecule has 0 aliphatic rings. The summed E-state index contributed by atoms with van der Waals surface area (Å²) in [6.07, 6.45) is 0. The lowest BCUT2D eigenvalue weighted by molar-refractivity contribution is 0.609. The van der Waals surface area contributed by atoms with Crippen LogP contribution < -0.4 is 5.31 Å². The highest BCUT2D eigenvalue weighted by atomic mass is 35.7. The van der Waals surface area contributed by atoms with Crippen molar-refractivity contribution in [3.05, 3.63) is 24.3 Å². The van der Waals surface area contributed by atoms with E-state index in [9.17, 15) is 8.42 Å². The standard InChI is InChI=1S/C7H8ClNO2S/c1-9-6-2-4-7(5-3-6)12(8,10)11/h2-5,9H,1H3/i/hD. The van der Waals surface area contributed by atoms with E-state index in [1.165, 1.54) is 24.3 Å². The van der Waals surface area contributed by atoms with Crippen molar-refractivity contribution in [1.82, 2.24) is 0 Å². The molecule has 5 heteroatoms. The Kier molecular flexibility index (Phi) is 2.19. The summed E-state index contributed by atoms with van der Waals surface area (Å²) in [6.45, 7) is 0. The van der Waals surface area contributed by atoms with Crippen LogP contribution in [-0.4, -0.2) is 15.5 Å². The first-order valence-corrected chi connectivity index (χ1v) is 5.49. The summed E-state index contributed by atoms with van der Waals surface area (Å²) in [5.41, 5.74) is 0.601. The van der Waals surface area contributed by atoms with Crippen molar-refractivity contribution in [2.45, 2.75) is 4.90 Å². The maximum atomic E-state index is 10.8. The third kappa shape index (κ3) is 2.12. The molecule has 0 bridgehead atoms. The van der Waals surface area contributed by atoms with E-state index in [4.69, 9.17) is 12.1 Å². The van der Waals surface area contributed by atoms with Gasteiger partial charge in [0.25, 0.3) is 9.05 Å². The summed E-state index contributed by atoms with van der Waals surface area (Å²) in [7, 11) is 3.00. The normalized spacial score (nSPS) is 12.3. The summed E-state index contributed by atoms with van der Waals surface area (Å²) in [6, 6.07) is 5.76. The van der Waals surface area contributed by atoms with Gasteiger partial charge in [0, 0.05) is 23.4 Å². The molecule has 0 heterocycles. The van der Waals surface area contributed by atoms with Crippen molar-refractivity contribution in [3.63, 3.8) is 0 Å². The quantitative estimate of drug-likeness (QED) is 0.749. The summed E-state index contributed by atoms with van der Waals surface area (Å²) < 4.78 is 28.8. The number of hydrogen-bond donors (Lipinski definition) is 1. The summed E-state index contributed by atoms with van der Waals surface area (Å²) in [5.74, 6) is 0. The first kappa shape index (κ1) is 7.89. The maximum Gasteiger partial charge on any atom is 0.261 e. The lowest BCUT2D eigenvalue weighted by atomic mass is 10.3. The average Bonchev–Trinajstić information content (AvgIpc) is 2.03. The fourth-order valence-electron chi connectivity index (χ4n) is 0.758. The molecular weight excluding hydrogens is 198 g/mol. The van der Waals surface area contributed by atoms with Crippen LogP contribution >= 0.6 is 10.7 Å². The van der Waals surface area contributed by atoms with Gasteiger partial charge in [-0.3, -0.25) is 0 Å². The Labute approximate surface area is 77.2 Å². The molecule has 0 saturated heterocycles. The minimum absolute atomic E-state index is 0.0415. The van der Waals surface area contributed by atoms with Gasteiger partial charge in [0.1, 0.15) is 0 Å². The zero-order valence-electron chi connectivity index (χ0n) is 7.36. The highest BCUT2D eigenvalue weighted by Gasteiger charge is 2.07. The molecule has 0 aliphatic heterocycles. The lowest BCUT2D eigenvalue weighted by Gasteiger charge is -1.99. The zero-order valence-corrected chi connectivity index (χ0v) is 7.93. The number of rotatable bonds is 2. The molecule has 0 aromatic heterocycles. The van der Waals surface area contributed by atoms with E-state index in [1.807, 2.05) is 0 Å². The minimum atomic E-state index is -3.65. The molecule has 0 amide bonds. The molecule has 1 aromatic rings. The summed E-state index contributed by atoms with van der Waals surface area (Å²) in [5, 5.41) is 1.13. The first-order chi connectivity index (χ1) is 5.91. The van der Waals surface area contributed by atoms with Crippen molar-refractivity contribution in [3.8, 4) is 0 Å². The van der Waals surface area contributed by atoms with Gasteiger partial charge in [-0.1, -0.05) is 0 Å². The predicted octanol–water partition coefficient (Wildman–Crippen LogP) is 1.66. The van der Waals surface area contributed by atoms with Gasteiger partial charge in [0.05, 0.1) is 4.90 Å². The summed E-state index contributed by atoms with van der Waals surface area (Å²) in [4.78, 5) is 0.0415. The number of anilines is 1. The molecule has 0 atom stereocenters. The second kappa shape index (κ2) is 3.33. The van der Waals surface area contributed by atoms with Crippen molar-refractivity contribution in [1.29, 1.82) is 0 Å². The maximum absolute atomic E-state index is 10.8. The van der Waals surface area contributed by atoms with E-state index >= 15 is 0 Å². The van der Waals surface area contributed by atoms with Crippen LogP contribution in [0.25, 0.3) is 0 Å². The van der Waals surface area contributed by atoms with Gasteiger partial charge in [-0.25, -0.2) is 8.42 Å². The SMILES string of the molecule is [2H]N(C)c1ccc(S(=O)(=O)Cl)cc1. The molecule has 0 unspecified atom stereocenters. The van der Waals surface area contributed by atoms with Gasteiger partial charge < -0.3 is 5.31 Å². The molecule has 1 rings (SSSR count). The molecule has 66 valence electrons. The van der Waals surface area contributed by atoms with Crippen LogP contribution in [0.3, 0.4) is 0 Å². The predicted molar refractivity (Wildman–Crippen MR) is 49.0 cm³/mol. The average molecular weight is 207 g/mol. The largest absolute Gasteiger partial charge is 0.388 e. The van der Waals surface area contributed by atoms with Gasteiger partial charge in [0.2, 0.25) is 0 Å². The van der Waals surface area contributed by atoms with Crippen molar-refractivity contribution in [2.75, 3.05) is 12.4 Å². The molecule has 0 saturated carbocycles. The van der Waals surface area contributed by atoms with E-state index in [-0.39, 0.29) is 4.90 Å². The van der Waals surface area contributed by atoms with E-state index in [0.29, 0.717) is 5.69 Å². The van der Waals surface area contributed by atoms with Crippen LogP contribution in [0.1, 0.15) is 0 Å². The van der Waals surface area contributed by atoms with Gasteiger partial charge in [-0.15, -0.1) is 0 Å². The van der Waals surface area contributed by atoms with E-state index in [0.717, 1.165) is 5.31 Å². The fourth-order valence-corrected chi connectivity index (χ4v) is 1.53. The minimum Gasteiger partial charge on any atom is -0.388 e. The molecule has 1 aromatic carbocycles. The number of nitrogens with one attached hydrogen (secondary N) is 1. The van der Waals surface area contributed by atoms with Crippen molar-refractivity contribution in [2.24, 2.45) is 0 Å². The van der Waals surface area contributed by atoms with Crippen LogP contribution in [0, 0.1) is 0 Å². The smallest absolute Gasteiger partial charge is 0.261 e. The van der Waals surface area contributed by atoms with Crippen LogP contribution in [0.4, 0.5) is 5.69 Å². The number of hydrogen-bond acceptors (Lipinski definition) is 3. The summed E-state index contributed by atoms with van der Waals surface area (Å²) >= 11 is 0. The molecule has 0 radical (unpaired) electrons. The van der Waals surface area contributed by atoms with Gasteiger partial charge in [0.15, 0.2) is 1.41 Å². The number of halogens is 1. The highest BCUT2D eigenvalue weighted by Crippen LogP contribution is 2.16. The Morgan fingerprint density at radius 3 is 2.25 bits per heavy atom. The van der Waals surface area contributed by atoms with Gasteiger partial charge in [-0.05, 0) is 24.3 Å².